The van der Waals surface area contributed by atoms with Gasteiger partial charge in [0.1, 0.15) is 39.1 Å². The number of hydrogen-bond donors (Lipinski definition) is 0. The van der Waals surface area contributed by atoms with Gasteiger partial charge in [0.15, 0.2) is 11.4 Å². The Kier molecular flexibility index (Phi) is 5.32. The number of benzene rings is 7. The summed E-state index contributed by atoms with van der Waals surface area (Å²) in [6.07, 6.45) is 0. The van der Waals surface area contributed by atoms with Crippen molar-refractivity contribution in [3.8, 4) is 33.8 Å². The second-order valence-corrected chi connectivity index (χ2v) is 12.5. The summed E-state index contributed by atoms with van der Waals surface area (Å²) in [7, 11) is 0. The Labute approximate surface area is 278 Å². The quantitative estimate of drug-likeness (QED) is 0.195. The van der Waals surface area contributed by atoms with Crippen molar-refractivity contribution in [2.45, 2.75) is 0 Å². The molecule has 0 atom stereocenters. The van der Waals surface area contributed by atoms with Gasteiger partial charge in [-0.15, -0.1) is 0 Å². The smallest absolute Gasteiger partial charge is 0.180 e. The zero-order valence-electron chi connectivity index (χ0n) is 26.0. The van der Waals surface area contributed by atoms with Crippen LogP contribution in [0.25, 0.3) is 110 Å². The molecule has 0 N–H and O–H groups in total. The van der Waals surface area contributed by atoms with Gasteiger partial charge in [-0.05, 0) is 65.0 Å². The molecule has 5 nitrogen and oxygen atoms in total. The highest BCUT2D eigenvalue weighted by atomic mass is 16.3. The van der Waals surface area contributed by atoms with Crippen molar-refractivity contribution >= 4 is 76.7 Å². The largest absolute Gasteiger partial charge is 0.456 e. The molecule has 0 bridgehead atoms. The molecule has 0 aliphatic rings. The maximum atomic E-state index is 6.57. The first-order chi connectivity index (χ1) is 24.3. The first-order valence-electron chi connectivity index (χ1n) is 16.3. The van der Waals surface area contributed by atoms with Gasteiger partial charge in [-0.25, -0.2) is 9.97 Å². The zero-order chi connectivity index (χ0) is 32.1. The van der Waals surface area contributed by atoms with E-state index in [1.807, 2.05) is 48.5 Å². The molecule has 49 heavy (non-hydrogen) atoms. The Morgan fingerprint density at radius 3 is 1.96 bits per heavy atom. The van der Waals surface area contributed by atoms with E-state index in [1.165, 1.54) is 0 Å². The third-order valence-electron chi connectivity index (χ3n) is 9.68. The number of fused-ring (bicyclic) bond motifs is 11. The molecule has 5 heteroatoms. The van der Waals surface area contributed by atoms with Crippen LogP contribution < -0.4 is 0 Å². The average molecular weight is 629 g/mol. The molecule has 0 radical (unpaired) electrons. The third-order valence-corrected chi connectivity index (χ3v) is 9.68. The number of nitrogens with zero attached hydrogens (tertiary/aromatic N) is 2. The fraction of sp³-hybridized carbons (Fsp3) is 0. The first-order valence-corrected chi connectivity index (χ1v) is 16.3. The van der Waals surface area contributed by atoms with E-state index in [0.29, 0.717) is 17.1 Å². The van der Waals surface area contributed by atoms with E-state index in [1.54, 1.807) is 0 Å². The van der Waals surface area contributed by atoms with Crippen LogP contribution in [0.5, 0.6) is 0 Å². The van der Waals surface area contributed by atoms with Gasteiger partial charge in [-0.3, -0.25) is 0 Å². The summed E-state index contributed by atoms with van der Waals surface area (Å²) in [6, 6.07) is 49.7. The maximum Gasteiger partial charge on any atom is 0.180 e. The van der Waals surface area contributed by atoms with Gasteiger partial charge in [0, 0.05) is 43.4 Å². The molecule has 228 valence electrons. The Bertz CT molecular complexity index is 3110. The Balaban J connectivity index is 1.19. The second kappa shape index (κ2) is 9.89. The molecule has 0 spiro atoms. The SMILES string of the molecule is c1ccc(-c2cc(-c3nc(-c4ccc5c(c4)oc4c6ccccc6ccc54)c4oc5ccccc5c4n3)cc3oc4ccccc4c23)cc1. The lowest BCUT2D eigenvalue weighted by atomic mass is 9.96. The minimum Gasteiger partial charge on any atom is -0.456 e. The van der Waals surface area contributed by atoms with Gasteiger partial charge < -0.3 is 13.3 Å². The van der Waals surface area contributed by atoms with Crippen LogP contribution in [0.1, 0.15) is 0 Å². The molecule has 11 aromatic rings. The molecule has 0 unspecified atom stereocenters. The topological polar surface area (TPSA) is 65.2 Å². The van der Waals surface area contributed by atoms with Crippen LogP contribution in [-0.2, 0) is 0 Å². The Hall–Kier alpha value is -6.72. The van der Waals surface area contributed by atoms with Crippen molar-refractivity contribution < 1.29 is 13.3 Å². The monoisotopic (exact) mass is 628 g/mol. The first kappa shape index (κ1) is 26.4. The molecule has 7 aromatic carbocycles. The van der Waals surface area contributed by atoms with Gasteiger partial charge in [-0.1, -0.05) is 97.1 Å². The van der Waals surface area contributed by atoms with Crippen molar-refractivity contribution in [2.24, 2.45) is 0 Å². The zero-order valence-corrected chi connectivity index (χ0v) is 26.0. The lowest BCUT2D eigenvalue weighted by Crippen LogP contribution is -1.94. The lowest BCUT2D eigenvalue weighted by Gasteiger charge is -2.10. The van der Waals surface area contributed by atoms with E-state index >= 15 is 0 Å². The number of rotatable bonds is 3. The number of furan rings is 3. The van der Waals surface area contributed by atoms with Gasteiger partial charge in [-0.2, -0.15) is 0 Å². The molecular formula is C44H24N2O3. The summed E-state index contributed by atoms with van der Waals surface area (Å²) in [5.74, 6) is 0.587. The van der Waals surface area contributed by atoms with Gasteiger partial charge >= 0.3 is 0 Å². The molecule has 0 fully saturated rings. The van der Waals surface area contributed by atoms with Crippen LogP contribution in [0.4, 0.5) is 0 Å². The summed E-state index contributed by atoms with van der Waals surface area (Å²) < 4.78 is 19.5. The number of aromatic nitrogens is 2. The van der Waals surface area contributed by atoms with Crippen LogP contribution in [0, 0.1) is 0 Å². The van der Waals surface area contributed by atoms with Crippen LogP contribution in [0.15, 0.2) is 159 Å². The van der Waals surface area contributed by atoms with Crippen LogP contribution in [0.2, 0.25) is 0 Å². The summed E-state index contributed by atoms with van der Waals surface area (Å²) >= 11 is 0. The fourth-order valence-electron chi connectivity index (χ4n) is 7.40. The van der Waals surface area contributed by atoms with E-state index in [9.17, 15) is 0 Å². The molecule has 4 aromatic heterocycles. The highest BCUT2D eigenvalue weighted by Gasteiger charge is 2.22. The van der Waals surface area contributed by atoms with Gasteiger partial charge in [0.2, 0.25) is 0 Å². The highest BCUT2D eigenvalue weighted by molar-refractivity contribution is 6.16. The lowest BCUT2D eigenvalue weighted by molar-refractivity contribution is 0.667. The highest BCUT2D eigenvalue weighted by Crippen LogP contribution is 2.42. The summed E-state index contributed by atoms with van der Waals surface area (Å²) in [5, 5.41) is 7.47. The molecule has 0 saturated heterocycles. The Morgan fingerprint density at radius 1 is 0.388 bits per heavy atom. The predicted molar refractivity (Wildman–Crippen MR) is 198 cm³/mol. The van der Waals surface area contributed by atoms with Crippen molar-refractivity contribution in [2.75, 3.05) is 0 Å². The van der Waals surface area contributed by atoms with Gasteiger partial charge in [0.05, 0.1) is 0 Å². The third kappa shape index (κ3) is 3.87. The molecule has 0 aliphatic carbocycles. The van der Waals surface area contributed by atoms with E-state index in [2.05, 4.69) is 97.1 Å². The normalized spacial score (nSPS) is 12.1. The van der Waals surface area contributed by atoms with Crippen LogP contribution >= 0.6 is 0 Å². The Morgan fingerprint density at radius 2 is 1.08 bits per heavy atom. The minimum absolute atomic E-state index is 0.587. The minimum atomic E-state index is 0.587. The van der Waals surface area contributed by atoms with Crippen molar-refractivity contribution in [3.05, 3.63) is 146 Å². The average Bonchev–Trinajstić information content (AvgIpc) is 3.85. The molecular weight excluding hydrogens is 604 g/mol. The molecule has 0 amide bonds. The van der Waals surface area contributed by atoms with Crippen molar-refractivity contribution in [1.29, 1.82) is 0 Å². The van der Waals surface area contributed by atoms with Crippen molar-refractivity contribution in [3.63, 3.8) is 0 Å². The second-order valence-electron chi connectivity index (χ2n) is 12.5. The van der Waals surface area contributed by atoms with E-state index in [-0.39, 0.29) is 0 Å². The molecule has 0 saturated carbocycles. The molecule has 0 aliphatic heterocycles. The summed E-state index contributed by atoms with van der Waals surface area (Å²) in [4.78, 5) is 10.4. The predicted octanol–water partition coefficient (Wildman–Crippen LogP) is 12.3. The molecule has 11 rings (SSSR count). The van der Waals surface area contributed by atoms with Crippen molar-refractivity contribution in [1.82, 2.24) is 9.97 Å². The fourth-order valence-corrected chi connectivity index (χ4v) is 7.40. The number of para-hydroxylation sites is 2. The number of hydrogen-bond acceptors (Lipinski definition) is 5. The molecule has 4 heterocycles. The standard InChI is InChI=1S/C44H24N2O3/c1-2-10-25(11-3-1)34-22-28(24-38-39(34)32-14-6-8-16-35(32)47-38)44-45-40(43-41(46-44)33-15-7-9-17-36(33)48-43)27-19-20-30-31-21-18-26-12-4-5-13-29(26)42(31)49-37(30)23-27/h1-24H. The summed E-state index contributed by atoms with van der Waals surface area (Å²) in [6.45, 7) is 0. The van der Waals surface area contributed by atoms with E-state index < -0.39 is 0 Å². The summed E-state index contributed by atoms with van der Waals surface area (Å²) in [5.41, 5.74) is 10.1. The van der Waals surface area contributed by atoms with E-state index in [4.69, 9.17) is 23.2 Å². The van der Waals surface area contributed by atoms with Crippen LogP contribution in [0.3, 0.4) is 0 Å². The van der Waals surface area contributed by atoms with Crippen LogP contribution in [-0.4, -0.2) is 9.97 Å². The maximum absolute atomic E-state index is 6.57. The van der Waals surface area contributed by atoms with Gasteiger partial charge in [0.25, 0.3) is 0 Å². The van der Waals surface area contributed by atoms with E-state index in [0.717, 1.165) is 93.4 Å².